The van der Waals surface area contributed by atoms with Crippen LogP contribution in [0.5, 0.6) is 0 Å². The molecule has 168 valence electrons. The van der Waals surface area contributed by atoms with Gasteiger partial charge in [-0.05, 0) is 113 Å². The van der Waals surface area contributed by atoms with Crippen molar-refractivity contribution in [2.75, 3.05) is 0 Å². The van der Waals surface area contributed by atoms with E-state index in [9.17, 15) is 10.2 Å². The van der Waals surface area contributed by atoms with Crippen molar-refractivity contribution < 1.29 is 10.2 Å². The molecule has 3 aliphatic carbocycles. The Morgan fingerprint density at radius 2 is 1.97 bits per heavy atom. The van der Waals surface area contributed by atoms with Crippen molar-refractivity contribution in [3.8, 4) is 0 Å². The van der Waals surface area contributed by atoms with Gasteiger partial charge in [-0.25, -0.2) is 0 Å². The Morgan fingerprint density at radius 3 is 2.67 bits per heavy atom. The topological polar surface area (TPSA) is 40.5 Å². The molecule has 0 aromatic rings. The molecule has 30 heavy (non-hydrogen) atoms. The summed E-state index contributed by atoms with van der Waals surface area (Å²) in [6, 6.07) is 0. The maximum atomic E-state index is 10.2. The lowest BCUT2D eigenvalue weighted by atomic mass is 9.61. The molecule has 0 saturated heterocycles. The van der Waals surface area contributed by atoms with E-state index in [0.717, 1.165) is 37.2 Å². The summed E-state index contributed by atoms with van der Waals surface area (Å²) in [6.45, 7) is 15.0. The van der Waals surface area contributed by atoms with Gasteiger partial charge in [0.1, 0.15) is 0 Å². The highest BCUT2D eigenvalue weighted by Crippen LogP contribution is 2.59. The Hall–Kier alpha value is -1.12. The lowest BCUT2D eigenvalue weighted by molar-refractivity contribution is 0.0972. The number of allylic oxidation sites excluding steroid dienone is 5. The second-order valence-electron chi connectivity index (χ2n) is 11.2. The number of aliphatic hydroxyl groups excluding tert-OH is 1. The Kier molecular flexibility index (Phi) is 7.19. The molecule has 0 aromatic carbocycles. The van der Waals surface area contributed by atoms with E-state index in [-0.39, 0.29) is 6.10 Å². The third-order valence-corrected chi connectivity index (χ3v) is 8.67. The fourth-order valence-electron chi connectivity index (χ4n) is 6.39. The van der Waals surface area contributed by atoms with Gasteiger partial charge in [0.2, 0.25) is 0 Å². The second-order valence-corrected chi connectivity index (χ2v) is 11.2. The molecule has 0 radical (unpaired) electrons. The van der Waals surface area contributed by atoms with Gasteiger partial charge in [-0.3, -0.25) is 0 Å². The first kappa shape index (κ1) is 23.5. The fourth-order valence-corrected chi connectivity index (χ4v) is 6.39. The van der Waals surface area contributed by atoms with Crippen LogP contribution in [-0.4, -0.2) is 21.9 Å². The van der Waals surface area contributed by atoms with Crippen molar-refractivity contribution >= 4 is 0 Å². The van der Waals surface area contributed by atoms with Crippen LogP contribution in [0.1, 0.15) is 92.4 Å². The molecule has 0 heterocycles. The van der Waals surface area contributed by atoms with Gasteiger partial charge in [-0.2, -0.15) is 0 Å². The van der Waals surface area contributed by atoms with E-state index < -0.39 is 5.60 Å². The summed E-state index contributed by atoms with van der Waals surface area (Å²) in [4.78, 5) is 0. The molecule has 0 unspecified atom stereocenters. The zero-order chi connectivity index (χ0) is 22.1. The molecule has 3 aliphatic rings. The van der Waals surface area contributed by atoms with Crippen LogP contribution in [0, 0.1) is 23.2 Å². The Bertz CT molecular complexity index is 732. The molecule has 0 amide bonds. The summed E-state index contributed by atoms with van der Waals surface area (Å²) >= 11 is 0. The summed E-state index contributed by atoms with van der Waals surface area (Å²) in [5.74, 6) is 2.08. The summed E-state index contributed by atoms with van der Waals surface area (Å²) in [7, 11) is 0. The Labute approximate surface area is 184 Å². The van der Waals surface area contributed by atoms with Crippen LogP contribution >= 0.6 is 0 Å². The lowest BCUT2D eigenvalue weighted by Gasteiger charge is -2.44. The van der Waals surface area contributed by atoms with E-state index in [0.29, 0.717) is 17.3 Å². The minimum absolute atomic E-state index is 0.200. The highest BCUT2D eigenvalue weighted by atomic mass is 16.3. The van der Waals surface area contributed by atoms with Gasteiger partial charge in [-0.1, -0.05) is 49.8 Å². The predicted octanol–water partition coefficient (Wildman–Crippen LogP) is 6.90. The summed E-state index contributed by atoms with van der Waals surface area (Å²) in [5.41, 5.74) is 4.85. The Balaban J connectivity index is 1.74. The van der Waals surface area contributed by atoms with Crippen LogP contribution in [0.4, 0.5) is 0 Å². The van der Waals surface area contributed by atoms with E-state index in [1.165, 1.54) is 43.3 Å². The van der Waals surface area contributed by atoms with Gasteiger partial charge >= 0.3 is 0 Å². The van der Waals surface area contributed by atoms with Crippen LogP contribution in [0.3, 0.4) is 0 Å². The molecule has 2 heteroatoms. The summed E-state index contributed by atoms with van der Waals surface area (Å²) < 4.78 is 0. The van der Waals surface area contributed by atoms with Crippen LogP contribution in [0.25, 0.3) is 0 Å². The van der Waals surface area contributed by atoms with E-state index in [2.05, 4.69) is 45.6 Å². The van der Waals surface area contributed by atoms with Crippen molar-refractivity contribution in [1.82, 2.24) is 0 Å². The van der Waals surface area contributed by atoms with Gasteiger partial charge in [0, 0.05) is 0 Å². The van der Waals surface area contributed by atoms with E-state index in [1.54, 1.807) is 5.57 Å². The van der Waals surface area contributed by atoms with Crippen molar-refractivity contribution in [2.24, 2.45) is 23.2 Å². The van der Waals surface area contributed by atoms with Crippen molar-refractivity contribution in [3.63, 3.8) is 0 Å². The molecule has 3 rings (SSSR count). The molecular weight excluding hydrogens is 368 g/mol. The standard InChI is InChI=1S/C28H44O2/c1-19-10-14-24(29)18-23(19)13-12-22-8-7-17-28(6)25(15-16-26(22)28)20(2)9-11-21(3)27(4,5)30/h11-13,20,24-26,29-30H,1,7-10,14-18H2,2-6H3/b21-11+,22-12+,23-13-/t20-,24+,25-,26+,28-/m1/s1. The van der Waals surface area contributed by atoms with Crippen LogP contribution in [0.2, 0.25) is 0 Å². The highest BCUT2D eigenvalue weighted by molar-refractivity contribution is 5.36. The number of hydrogen-bond acceptors (Lipinski definition) is 2. The van der Waals surface area contributed by atoms with Crippen LogP contribution < -0.4 is 0 Å². The molecule has 0 bridgehead atoms. The fraction of sp³-hybridized carbons (Fsp3) is 0.714. The molecule has 2 N–H and O–H groups in total. The average Bonchev–Trinajstić information content (AvgIpc) is 3.03. The SMILES string of the molecule is C=C1CC[C@H](O)C/C1=C/C=C1\CCC[C@]2(C)[C@@H]([C@H](C)C/C=C(\C)C(C)(C)O)CC[C@@H]12. The smallest absolute Gasteiger partial charge is 0.0798 e. The van der Waals surface area contributed by atoms with Gasteiger partial charge in [-0.15, -0.1) is 0 Å². The third kappa shape index (κ3) is 5.02. The zero-order valence-electron chi connectivity index (χ0n) is 20.0. The highest BCUT2D eigenvalue weighted by Gasteiger charge is 2.50. The van der Waals surface area contributed by atoms with Crippen molar-refractivity contribution in [3.05, 3.63) is 47.1 Å². The van der Waals surface area contributed by atoms with E-state index >= 15 is 0 Å². The molecule has 0 aliphatic heterocycles. The molecule has 0 aromatic heterocycles. The van der Waals surface area contributed by atoms with Gasteiger partial charge in [0.25, 0.3) is 0 Å². The first-order valence-electron chi connectivity index (χ1n) is 12.2. The maximum Gasteiger partial charge on any atom is 0.0798 e. The minimum atomic E-state index is -0.715. The van der Waals surface area contributed by atoms with Crippen LogP contribution in [-0.2, 0) is 0 Å². The van der Waals surface area contributed by atoms with E-state index in [4.69, 9.17) is 0 Å². The normalized spacial score (nSPS) is 37.0. The summed E-state index contributed by atoms with van der Waals surface area (Å²) in [5, 5.41) is 20.3. The van der Waals surface area contributed by atoms with Crippen molar-refractivity contribution in [2.45, 2.75) is 104 Å². The quantitative estimate of drug-likeness (QED) is 0.482. The molecule has 3 fully saturated rings. The largest absolute Gasteiger partial charge is 0.393 e. The van der Waals surface area contributed by atoms with Crippen LogP contribution in [0.15, 0.2) is 47.1 Å². The maximum absolute atomic E-state index is 10.2. The van der Waals surface area contributed by atoms with Gasteiger partial charge in [0.15, 0.2) is 0 Å². The first-order valence-corrected chi connectivity index (χ1v) is 12.2. The van der Waals surface area contributed by atoms with Gasteiger partial charge in [0.05, 0.1) is 11.7 Å². The molecular formula is C28H44O2. The summed E-state index contributed by atoms with van der Waals surface area (Å²) in [6.07, 6.45) is 16.8. The van der Waals surface area contributed by atoms with Crippen molar-refractivity contribution in [1.29, 1.82) is 0 Å². The number of fused-ring (bicyclic) bond motifs is 1. The lowest BCUT2D eigenvalue weighted by Crippen LogP contribution is -2.36. The van der Waals surface area contributed by atoms with Gasteiger partial charge < -0.3 is 10.2 Å². The monoisotopic (exact) mass is 412 g/mol. The molecule has 2 nitrogen and oxygen atoms in total. The van der Waals surface area contributed by atoms with E-state index in [1.807, 2.05) is 13.8 Å². The second kappa shape index (κ2) is 9.17. The Morgan fingerprint density at radius 1 is 1.23 bits per heavy atom. The molecule has 3 saturated carbocycles. The third-order valence-electron chi connectivity index (χ3n) is 8.67. The first-order chi connectivity index (χ1) is 14.0. The average molecular weight is 413 g/mol. The zero-order valence-corrected chi connectivity index (χ0v) is 20.0. The minimum Gasteiger partial charge on any atom is -0.393 e. The number of aliphatic hydroxyl groups is 2. The number of rotatable bonds is 5. The predicted molar refractivity (Wildman–Crippen MR) is 127 cm³/mol. The molecule has 5 atom stereocenters. The number of hydrogen-bond donors (Lipinski definition) is 2. The molecule has 0 spiro atoms.